The van der Waals surface area contributed by atoms with Gasteiger partial charge in [0.05, 0.1) is 4.92 Å². The molecule has 104 valence electrons. The molecule has 0 heterocycles. The van der Waals surface area contributed by atoms with Crippen molar-refractivity contribution < 1.29 is 10.0 Å². The number of aliphatic hydroxyl groups excluding tert-OH is 1. The summed E-state index contributed by atoms with van der Waals surface area (Å²) in [6.07, 6.45) is 0. The summed E-state index contributed by atoms with van der Waals surface area (Å²) in [6.45, 7) is 4.41. The summed E-state index contributed by atoms with van der Waals surface area (Å²) < 4.78 is 0. The Labute approximate surface area is 117 Å². The second-order valence-electron chi connectivity index (χ2n) is 4.93. The van der Waals surface area contributed by atoms with Gasteiger partial charge in [0.1, 0.15) is 0 Å². The molecule has 0 saturated heterocycles. The van der Waals surface area contributed by atoms with Gasteiger partial charge in [-0.15, -0.1) is 0 Å². The maximum absolute atomic E-state index is 10.5. The number of nitro benzene ring substituents is 1. The largest absolute Gasteiger partial charge is 0.396 e. The second kappa shape index (κ2) is 6.44. The van der Waals surface area contributed by atoms with Crippen molar-refractivity contribution in [3.8, 4) is 0 Å². The lowest BCUT2D eigenvalue weighted by Crippen LogP contribution is -2.38. The van der Waals surface area contributed by atoms with Crippen molar-refractivity contribution in [2.24, 2.45) is 5.41 Å². The number of rotatable bonds is 5. The maximum Gasteiger partial charge on any atom is 0.269 e. The minimum atomic E-state index is -0.454. The standard InChI is InChI=1S/C12H17N3O3S/c1-12(2,8-16)7-13-11(19)14-9-3-5-10(6-4-9)15(17)18/h3-6,16H,7-8H2,1-2H3,(H2,13,14,19). The normalized spacial score (nSPS) is 10.9. The molecule has 0 aliphatic carbocycles. The molecule has 6 nitrogen and oxygen atoms in total. The Hall–Kier alpha value is -1.73. The molecule has 1 rings (SSSR count). The maximum atomic E-state index is 10.5. The number of benzene rings is 1. The van der Waals surface area contributed by atoms with Crippen LogP contribution in [-0.4, -0.2) is 28.3 Å². The second-order valence-corrected chi connectivity index (χ2v) is 5.34. The summed E-state index contributed by atoms with van der Waals surface area (Å²) in [5, 5.41) is 25.9. The van der Waals surface area contributed by atoms with Gasteiger partial charge >= 0.3 is 0 Å². The van der Waals surface area contributed by atoms with E-state index >= 15 is 0 Å². The van der Waals surface area contributed by atoms with Gasteiger partial charge < -0.3 is 15.7 Å². The fourth-order valence-corrected chi connectivity index (χ4v) is 1.41. The first-order valence-electron chi connectivity index (χ1n) is 5.74. The van der Waals surface area contributed by atoms with Crippen LogP contribution in [0.2, 0.25) is 0 Å². The van der Waals surface area contributed by atoms with Crippen molar-refractivity contribution in [2.75, 3.05) is 18.5 Å². The Kier molecular flexibility index (Phi) is 5.20. The van der Waals surface area contributed by atoms with Crippen LogP contribution in [0.3, 0.4) is 0 Å². The van der Waals surface area contributed by atoms with Gasteiger partial charge in [-0.2, -0.15) is 0 Å². The zero-order valence-electron chi connectivity index (χ0n) is 10.8. The number of non-ortho nitro benzene ring substituents is 1. The topological polar surface area (TPSA) is 87.4 Å². The quantitative estimate of drug-likeness (QED) is 0.434. The van der Waals surface area contributed by atoms with Gasteiger partial charge in [0.15, 0.2) is 5.11 Å². The van der Waals surface area contributed by atoms with Crippen LogP contribution in [0.5, 0.6) is 0 Å². The number of aliphatic hydroxyl groups is 1. The summed E-state index contributed by atoms with van der Waals surface area (Å²) in [7, 11) is 0. The molecule has 0 saturated carbocycles. The number of anilines is 1. The average Bonchev–Trinajstić information content (AvgIpc) is 2.37. The minimum Gasteiger partial charge on any atom is -0.396 e. The van der Waals surface area contributed by atoms with E-state index in [1.54, 1.807) is 12.1 Å². The number of hydrogen-bond acceptors (Lipinski definition) is 4. The first-order valence-corrected chi connectivity index (χ1v) is 6.15. The van der Waals surface area contributed by atoms with E-state index in [1.165, 1.54) is 12.1 Å². The fraction of sp³-hybridized carbons (Fsp3) is 0.417. The van der Waals surface area contributed by atoms with E-state index in [0.717, 1.165) is 0 Å². The number of nitrogens with zero attached hydrogens (tertiary/aromatic N) is 1. The highest BCUT2D eigenvalue weighted by atomic mass is 32.1. The Balaban J connectivity index is 2.51. The number of thiocarbonyl (C=S) groups is 1. The van der Waals surface area contributed by atoms with E-state index in [1.807, 2.05) is 13.8 Å². The minimum absolute atomic E-state index is 0.0332. The highest BCUT2D eigenvalue weighted by molar-refractivity contribution is 7.80. The van der Waals surface area contributed by atoms with E-state index in [2.05, 4.69) is 10.6 Å². The summed E-state index contributed by atoms with van der Waals surface area (Å²) >= 11 is 5.10. The lowest BCUT2D eigenvalue weighted by Gasteiger charge is -2.23. The highest BCUT2D eigenvalue weighted by Gasteiger charge is 2.16. The predicted octanol–water partition coefficient (Wildman–Crippen LogP) is 1.90. The Morgan fingerprint density at radius 3 is 2.47 bits per heavy atom. The van der Waals surface area contributed by atoms with E-state index in [0.29, 0.717) is 17.3 Å². The SMILES string of the molecule is CC(C)(CO)CNC(=S)Nc1ccc([N+](=O)[O-])cc1. The number of nitro groups is 1. The first-order chi connectivity index (χ1) is 8.84. The zero-order chi connectivity index (χ0) is 14.5. The van der Waals surface area contributed by atoms with Crippen LogP contribution >= 0.6 is 12.2 Å². The average molecular weight is 283 g/mol. The van der Waals surface area contributed by atoms with Crippen LogP contribution in [0.25, 0.3) is 0 Å². The van der Waals surface area contributed by atoms with Crippen LogP contribution < -0.4 is 10.6 Å². The number of nitrogens with one attached hydrogen (secondary N) is 2. The third-order valence-corrected chi connectivity index (χ3v) is 2.74. The third-order valence-electron chi connectivity index (χ3n) is 2.49. The van der Waals surface area contributed by atoms with E-state index in [-0.39, 0.29) is 17.7 Å². The van der Waals surface area contributed by atoms with E-state index < -0.39 is 4.92 Å². The summed E-state index contributed by atoms with van der Waals surface area (Å²) in [5.41, 5.74) is 0.442. The van der Waals surface area contributed by atoms with Gasteiger partial charge in [0, 0.05) is 36.4 Å². The highest BCUT2D eigenvalue weighted by Crippen LogP contribution is 2.15. The summed E-state index contributed by atoms with van der Waals surface area (Å²) in [5.74, 6) is 0. The Morgan fingerprint density at radius 2 is 2.00 bits per heavy atom. The molecule has 0 atom stereocenters. The molecular formula is C12H17N3O3S. The third kappa shape index (κ3) is 5.19. The number of hydrogen-bond donors (Lipinski definition) is 3. The molecule has 0 aliphatic heterocycles. The molecule has 0 unspecified atom stereocenters. The van der Waals surface area contributed by atoms with Crippen molar-refractivity contribution in [3.05, 3.63) is 34.4 Å². The van der Waals surface area contributed by atoms with Crippen LogP contribution in [-0.2, 0) is 0 Å². The first kappa shape index (κ1) is 15.3. The van der Waals surface area contributed by atoms with Crippen LogP contribution in [0, 0.1) is 15.5 Å². The lowest BCUT2D eigenvalue weighted by atomic mass is 9.95. The van der Waals surface area contributed by atoms with Crippen molar-refractivity contribution in [3.63, 3.8) is 0 Å². The molecule has 0 fully saturated rings. The van der Waals surface area contributed by atoms with Crippen LogP contribution in [0.1, 0.15) is 13.8 Å². The van der Waals surface area contributed by atoms with Gasteiger partial charge in [-0.1, -0.05) is 13.8 Å². The molecule has 0 aromatic heterocycles. The summed E-state index contributed by atoms with van der Waals surface area (Å²) in [4.78, 5) is 10.0. The van der Waals surface area contributed by atoms with Crippen molar-refractivity contribution in [2.45, 2.75) is 13.8 Å². The molecule has 0 amide bonds. The molecule has 0 bridgehead atoms. The van der Waals surface area contributed by atoms with Gasteiger partial charge in [0.25, 0.3) is 5.69 Å². The smallest absolute Gasteiger partial charge is 0.269 e. The molecule has 0 radical (unpaired) electrons. The molecule has 1 aromatic carbocycles. The van der Waals surface area contributed by atoms with Crippen LogP contribution in [0.15, 0.2) is 24.3 Å². The Morgan fingerprint density at radius 1 is 1.42 bits per heavy atom. The lowest BCUT2D eigenvalue weighted by molar-refractivity contribution is -0.384. The molecule has 1 aromatic rings. The van der Waals surface area contributed by atoms with Crippen LogP contribution in [0.4, 0.5) is 11.4 Å². The molecule has 7 heteroatoms. The molecule has 19 heavy (non-hydrogen) atoms. The predicted molar refractivity (Wildman–Crippen MR) is 78.2 cm³/mol. The molecule has 0 aliphatic rings. The monoisotopic (exact) mass is 283 g/mol. The van der Waals surface area contributed by atoms with Gasteiger partial charge in [-0.05, 0) is 24.4 Å². The zero-order valence-corrected chi connectivity index (χ0v) is 11.7. The fourth-order valence-electron chi connectivity index (χ4n) is 1.22. The Bertz CT molecular complexity index is 460. The molecule has 3 N–H and O–H groups in total. The van der Waals surface area contributed by atoms with E-state index in [9.17, 15) is 10.1 Å². The van der Waals surface area contributed by atoms with Gasteiger partial charge in [-0.3, -0.25) is 10.1 Å². The van der Waals surface area contributed by atoms with Gasteiger partial charge in [-0.25, -0.2) is 0 Å². The van der Waals surface area contributed by atoms with Gasteiger partial charge in [0.2, 0.25) is 0 Å². The van der Waals surface area contributed by atoms with Crippen molar-refractivity contribution in [1.82, 2.24) is 5.32 Å². The van der Waals surface area contributed by atoms with Crippen molar-refractivity contribution >= 4 is 28.7 Å². The molecule has 0 spiro atoms. The molecular weight excluding hydrogens is 266 g/mol. The van der Waals surface area contributed by atoms with E-state index in [4.69, 9.17) is 17.3 Å². The van der Waals surface area contributed by atoms with Crippen molar-refractivity contribution in [1.29, 1.82) is 0 Å². The summed E-state index contributed by atoms with van der Waals surface area (Å²) in [6, 6.07) is 5.98.